The molecule has 1 heterocycles. The fraction of sp³-hybridized carbons (Fsp3) is 0.312. The normalized spacial score (nSPS) is 10.4. The van der Waals surface area contributed by atoms with Gasteiger partial charge in [0, 0.05) is 25.4 Å². The van der Waals surface area contributed by atoms with E-state index >= 15 is 0 Å². The average Bonchev–Trinajstić information content (AvgIpc) is 2.48. The smallest absolute Gasteiger partial charge is 0.212 e. The van der Waals surface area contributed by atoms with Crippen LogP contribution in [-0.2, 0) is 19.5 Å². The Labute approximate surface area is 114 Å². The van der Waals surface area contributed by atoms with Gasteiger partial charge in [0.05, 0.1) is 7.11 Å². The van der Waals surface area contributed by atoms with Crippen molar-refractivity contribution in [3.8, 4) is 5.88 Å². The summed E-state index contributed by atoms with van der Waals surface area (Å²) in [5.41, 5.74) is 3.93. The molecule has 100 valence electrons. The Balaban J connectivity index is 1.88. The molecule has 0 radical (unpaired) electrons. The molecule has 0 amide bonds. The van der Waals surface area contributed by atoms with Gasteiger partial charge < -0.3 is 10.1 Å². The van der Waals surface area contributed by atoms with Crippen molar-refractivity contribution in [1.29, 1.82) is 0 Å². The number of nitrogens with one attached hydrogen (secondary N) is 1. The number of aromatic nitrogens is 1. The van der Waals surface area contributed by atoms with Gasteiger partial charge >= 0.3 is 0 Å². The molecule has 0 atom stereocenters. The summed E-state index contributed by atoms with van der Waals surface area (Å²) < 4.78 is 5.04. The Hall–Kier alpha value is -1.87. The Bertz CT molecular complexity index is 508. The largest absolute Gasteiger partial charge is 0.481 e. The molecule has 3 nitrogen and oxygen atoms in total. The standard InChI is InChI=1S/C16H20N2O/c1-3-14-6-4-5-7-15(14)12-17-10-13-8-9-16(19-2)18-11-13/h4-9,11,17H,3,10,12H2,1-2H3. The van der Waals surface area contributed by atoms with Crippen molar-refractivity contribution in [2.24, 2.45) is 0 Å². The summed E-state index contributed by atoms with van der Waals surface area (Å²) in [6, 6.07) is 12.5. The molecule has 1 aromatic heterocycles. The van der Waals surface area contributed by atoms with Gasteiger partial charge in [0.1, 0.15) is 0 Å². The summed E-state index contributed by atoms with van der Waals surface area (Å²) >= 11 is 0. The van der Waals surface area contributed by atoms with Crippen molar-refractivity contribution >= 4 is 0 Å². The van der Waals surface area contributed by atoms with Gasteiger partial charge in [-0.2, -0.15) is 0 Å². The predicted octanol–water partition coefficient (Wildman–Crippen LogP) is 2.94. The first kappa shape index (κ1) is 13.6. The number of aryl methyl sites for hydroxylation is 1. The van der Waals surface area contributed by atoms with Crippen LogP contribution in [0.25, 0.3) is 0 Å². The van der Waals surface area contributed by atoms with E-state index in [2.05, 4.69) is 41.5 Å². The number of ether oxygens (including phenoxy) is 1. The third kappa shape index (κ3) is 3.80. The van der Waals surface area contributed by atoms with Crippen molar-refractivity contribution in [2.45, 2.75) is 26.4 Å². The molecule has 0 saturated carbocycles. The molecular formula is C16H20N2O. The average molecular weight is 256 g/mol. The van der Waals surface area contributed by atoms with E-state index in [0.29, 0.717) is 5.88 Å². The van der Waals surface area contributed by atoms with Gasteiger partial charge in [0.25, 0.3) is 0 Å². The molecule has 3 heteroatoms. The van der Waals surface area contributed by atoms with E-state index in [4.69, 9.17) is 4.74 Å². The van der Waals surface area contributed by atoms with E-state index in [9.17, 15) is 0 Å². The van der Waals surface area contributed by atoms with Gasteiger partial charge in [-0.05, 0) is 23.1 Å². The number of hydrogen-bond donors (Lipinski definition) is 1. The van der Waals surface area contributed by atoms with Crippen molar-refractivity contribution in [3.05, 3.63) is 59.3 Å². The molecule has 0 unspecified atom stereocenters. The van der Waals surface area contributed by atoms with Crippen LogP contribution < -0.4 is 10.1 Å². The fourth-order valence-corrected chi connectivity index (χ4v) is 2.05. The number of pyridine rings is 1. The van der Waals surface area contributed by atoms with Gasteiger partial charge in [-0.15, -0.1) is 0 Å². The molecular weight excluding hydrogens is 236 g/mol. The van der Waals surface area contributed by atoms with Gasteiger partial charge in [-0.1, -0.05) is 37.3 Å². The Morgan fingerprint density at radius 3 is 2.47 bits per heavy atom. The molecule has 0 saturated heterocycles. The monoisotopic (exact) mass is 256 g/mol. The Morgan fingerprint density at radius 2 is 1.84 bits per heavy atom. The topological polar surface area (TPSA) is 34.1 Å². The number of benzene rings is 1. The molecule has 0 aliphatic heterocycles. The molecule has 0 bridgehead atoms. The number of rotatable bonds is 6. The van der Waals surface area contributed by atoms with E-state index in [0.717, 1.165) is 25.1 Å². The lowest BCUT2D eigenvalue weighted by atomic mass is 10.1. The van der Waals surface area contributed by atoms with Crippen LogP contribution in [0.1, 0.15) is 23.6 Å². The van der Waals surface area contributed by atoms with Crippen LogP contribution in [-0.4, -0.2) is 12.1 Å². The zero-order valence-corrected chi connectivity index (χ0v) is 11.5. The maximum atomic E-state index is 5.04. The highest BCUT2D eigenvalue weighted by Gasteiger charge is 2.00. The minimum absolute atomic E-state index is 0.653. The third-order valence-electron chi connectivity index (χ3n) is 3.15. The SMILES string of the molecule is CCc1ccccc1CNCc1ccc(OC)nc1. The number of methoxy groups -OCH3 is 1. The summed E-state index contributed by atoms with van der Waals surface area (Å²) in [6.45, 7) is 3.89. The number of nitrogens with zero attached hydrogens (tertiary/aromatic N) is 1. The van der Waals surface area contributed by atoms with Crippen LogP contribution in [0, 0.1) is 0 Å². The van der Waals surface area contributed by atoms with E-state index in [1.807, 2.05) is 18.3 Å². The summed E-state index contributed by atoms with van der Waals surface area (Å²) in [6.07, 6.45) is 2.92. The zero-order valence-electron chi connectivity index (χ0n) is 11.5. The lowest BCUT2D eigenvalue weighted by Crippen LogP contribution is -2.14. The summed E-state index contributed by atoms with van der Waals surface area (Å²) in [5.74, 6) is 0.653. The first-order valence-electron chi connectivity index (χ1n) is 6.60. The molecule has 2 rings (SSSR count). The highest BCUT2D eigenvalue weighted by Crippen LogP contribution is 2.10. The maximum absolute atomic E-state index is 5.04. The minimum Gasteiger partial charge on any atom is -0.481 e. The van der Waals surface area contributed by atoms with Crippen molar-refractivity contribution in [3.63, 3.8) is 0 Å². The molecule has 2 aromatic rings. The second kappa shape index (κ2) is 6.90. The first-order chi connectivity index (χ1) is 9.33. The number of hydrogen-bond acceptors (Lipinski definition) is 3. The van der Waals surface area contributed by atoms with Gasteiger partial charge in [0.15, 0.2) is 0 Å². The molecule has 0 aliphatic carbocycles. The second-order valence-electron chi connectivity index (χ2n) is 4.43. The highest BCUT2D eigenvalue weighted by atomic mass is 16.5. The fourth-order valence-electron chi connectivity index (χ4n) is 2.05. The van der Waals surface area contributed by atoms with E-state index in [-0.39, 0.29) is 0 Å². The van der Waals surface area contributed by atoms with E-state index in [1.165, 1.54) is 11.1 Å². The summed E-state index contributed by atoms with van der Waals surface area (Å²) in [4.78, 5) is 4.19. The highest BCUT2D eigenvalue weighted by molar-refractivity contribution is 5.27. The van der Waals surface area contributed by atoms with Crippen LogP contribution in [0.2, 0.25) is 0 Å². The minimum atomic E-state index is 0.653. The van der Waals surface area contributed by atoms with Crippen molar-refractivity contribution in [1.82, 2.24) is 10.3 Å². The molecule has 1 aromatic carbocycles. The Kier molecular flexibility index (Phi) is 4.93. The summed E-state index contributed by atoms with van der Waals surface area (Å²) in [7, 11) is 1.63. The van der Waals surface area contributed by atoms with Crippen LogP contribution in [0.15, 0.2) is 42.6 Å². The van der Waals surface area contributed by atoms with Crippen LogP contribution in [0.5, 0.6) is 5.88 Å². The molecule has 19 heavy (non-hydrogen) atoms. The molecule has 0 spiro atoms. The van der Waals surface area contributed by atoms with Crippen molar-refractivity contribution < 1.29 is 4.74 Å². The lowest BCUT2D eigenvalue weighted by molar-refractivity contribution is 0.397. The second-order valence-corrected chi connectivity index (χ2v) is 4.43. The summed E-state index contributed by atoms with van der Waals surface area (Å²) in [5, 5.41) is 3.45. The Morgan fingerprint density at radius 1 is 1.05 bits per heavy atom. The van der Waals surface area contributed by atoms with Crippen LogP contribution in [0.4, 0.5) is 0 Å². The van der Waals surface area contributed by atoms with E-state index in [1.54, 1.807) is 7.11 Å². The predicted molar refractivity (Wildman–Crippen MR) is 77.2 cm³/mol. The zero-order chi connectivity index (χ0) is 13.5. The van der Waals surface area contributed by atoms with Crippen LogP contribution in [0.3, 0.4) is 0 Å². The molecule has 0 fully saturated rings. The third-order valence-corrected chi connectivity index (χ3v) is 3.15. The quantitative estimate of drug-likeness (QED) is 0.863. The lowest BCUT2D eigenvalue weighted by Gasteiger charge is -2.09. The van der Waals surface area contributed by atoms with E-state index < -0.39 is 0 Å². The van der Waals surface area contributed by atoms with Gasteiger partial charge in [-0.3, -0.25) is 0 Å². The van der Waals surface area contributed by atoms with Crippen molar-refractivity contribution in [2.75, 3.05) is 7.11 Å². The van der Waals surface area contributed by atoms with Gasteiger partial charge in [-0.25, -0.2) is 4.98 Å². The van der Waals surface area contributed by atoms with Crippen LogP contribution >= 0.6 is 0 Å². The molecule has 0 aliphatic rings. The molecule has 1 N–H and O–H groups in total. The van der Waals surface area contributed by atoms with Gasteiger partial charge in [0.2, 0.25) is 5.88 Å². The maximum Gasteiger partial charge on any atom is 0.212 e. The first-order valence-corrected chi connectivity index (χ1v) is 6.60.